The smallest absolute Gasteiger partial charge is 0.124 e. The highest BCUT2D eigenvalue weighted by molar-refractivity contribution is 9.10. The maximum Gasteiger partial charge on any atom is 0.124 e. The predicted molar refractivity (Wildman–Crippen MR) is 80.8 cm³/mol. The molecule has 0 aliphatic carbocycles. The summed E-state index contributed by atoms with van der Waals surface area (Å²) in [7, 11) is 0. The maximum absolute atomic E-state index is 13.3. The number of benzene rings is 2. The number of halogens is 3. The Hall–Kier alpha value is -0.900. The van der Waals surface area contributed by atoms with E-state index in [0.29, 0.717) is 6.54 Å². The van der Waals surface area contributed by atoms with Crippen LogP contribution in [0, 0.1) is 5.82 Å². The van der Waals surface area contributed by atoms with Crippen LogP contribution < -0.4 is 5.32 Å². The first-order chi connectivity index (χ1) is 9.06. The van der Waals surface area contributed by atoms with Gasteiger partial charge in [-0.1, -0.05) is 45.7 Å². The highest BCUT2D eigenvalue weighted by Gasteiger charge is 2.08. The zero-order chi connectivity index (χ0) is 13.8. The lowest BCUT2D eigenvalue weighted by atomic mass is 10.1. The van der Waals surface area contributed by atoms with Gasteiger partial charge < -0.3 is 5.32 Å². The van der Waals surface area contributed by atoms with Gasteiger partial charge in [0.25, 0.3) is 0 Å². The Morgan fingerprint density at radius 1 is 1.26 bits per heavy atom. The number of nitrogens with one attached hydrogen (secondary N) is 1. The third-order valence-electron chi connectivity index (χ3n) is 2.91. The molecular weight excluding hydrogens is 329 g/mol. The topological polar surface area (TPSA) is 12.0 Å². The molecule has 1 atom stereocenters. The van der Waals surface area contributed by atoms with Crippen LogP contribution in [0.4, 0.5) is 4.39 Å². The molecule has 0 saturated carbocycles. The van der Waals surface area contributed by atoms with Crippen molar-refractivity contribution in [3.8, 4) is 0 Å². The molecule has 0 spiro atoms. The zero-order valence-electron chi connectivity index (χ0n) is 10.5. The molecule has 0 saturated heterocycles. The first-order valence-electron chi connectivity index (χ1n) is 5.99. The Balaban J connectivity index is 2.04. The summed E-state index contributed by atoms with van der Waals surface area (Å²) in [6.07, 6.45) is 0. The number of hydrogen-bond donors (Lipinski definition) is 1. The average Bonchev–Trinajstić information content (AvgIpc) is 2.35. The lowest BCUT2D eigenvalue weighted by molar-refractivity contribution is 0.569. The molecule has 0 aliphatic heterocycles. The first kappa shape index (κ1) is 14.5. The molecule has 1 N–H and O–H groups in total. The van der Waals surface area contributed by atoms with Crippen molar-refractivity contribution in [3.05, 3.63) is 68.9 Å². The second-order valence-electron chi connectivity index (χ2n) is 4.40. The van der Waals surface area contributed by atoms with Gasteiger partial charge in [0.2, 0.25) is 0 Å². The summed E-state index contributed by atoms with van der Waals surface area (Å²) in [5.74, 6) is -0.239. The molecule has 100 valence electrons. The molecule has 2 rings (SSSR count). The highest BCUT2D eigenvalue weighted by Crippen LogP contribution is 2.23. The van der Waals surface area contributed by atoms with Gasteiger partial charge in [-0.15, -0.1) is 0 Å². The largest absolute Gasteiger partial charge is 0.306 e. The number of hydrogen-bond acceptors (Lipinski definition) is 1. The fraction of sp³-hybridized carbons (Fsp3) is 0.200. The normalized spacial score (nSPS) is 12.4. The molecule has 0 fully saturated rings. The van der Waals surface area contributed by atoms with Crippen molar-refractivity contribution < 1.29 is 4.39 Å². The molecular formula is C15H14BrClFN. The van der Waals surface area contributed by atoms with Gasteiger partial charge in [0.1, 0.15) is 5.82 Å². The third kappa shape index (κ3) is 4.03. The summed E-state index contributed by atoms with van der Waals surface area (Å²) in [6, 6.07) is 12.7. The fourth-order valence-electron chi connectivity index (χ4n) is 1.92. The van der Waals surface area contributed by atoms with Crippen LogP contribution >= 0.6 is 27.5 Å². The fourth-order valence-corrected chi connectivity index (χ4v) is 2.73. The van der Waals surface area contributed by atoms with Crippen molar-refractivity contribution in [2.75, 3.05) is 0 Å². The van der Waals surface area contributed by atoms with Crippen molar-refractivity contribution >= 4 is 27.5 Å². The molecule has 2 aromatic carbocycles. The van der Waals surface area contributed by atoms with E-state index in [1.807, 2.05) is 37.3 Å². The Labute approximate surface area is 125 Å². The van der Waals surface area contributed by atoms with Gasteiger partial charge in [0.05, 0.1) is 0 Å². The molecule has 0 aliphatic rings. The van der Waals surface area contributed by atoms with E-state index >= 15 is 0 Å². The highest BCUT2D eigenvalue weighted by atomic mass is 79.9. The van der Waals surface area contributed by atoms with E-state index in [1.54, 1.807) is 0 Å². The van der Waals surface area contributed by atoms with Crippen LogP contribution in [0.25, 0.3) is 0 Å². The second-order valence-corrected chi connectivity index (χ2v) is 5.72. The lowest BCUT2D eigenvalue weighted by Crippen LogP contribution is -2.18. The predicted octanol–water partition coefficient (Wildman–Crippen LogP) is 5.09. The molecule has 0 aromatic heterocycles. The summed E-state index contributed by atoms with van der Waals surface area (Å²) in [5.41, 5.74) is 1.94. The molecule has 0 amide bonds. The quantitative estimate of drug-likeness (QED) is 0.816. The van der Waals surface area contributed by atoms with Gasteiger partial charge >= 0.3 is 0 Å². The molecule has 1 nitrogen and oxygen atoms in total. The minimum Gasteiger partial charge on any atom is -0.306 e. The summed E-state index contributed by atoms with van der Waals surface area (Å²) in [6.45, 7) is 2.62. The summed E-state index contributed by atoms with van der Waals surface area (Å²) < 4.78 is 14.0. The van der Waals surface area contributed by atoms with Crippen molar-refractivity contribution in [2.24, 2.45) is 0 Å². The van der Waals surface area contributed by atoms with Crippen LogP contribution in [0.3, 0.4) is 0 Å². The SMILES string of the molecule is C[C@@H](NCc1cc(F)cc(Br)c1)c1ccccc1Cl. The third-order valence-corrected chi connectivity index (χ3v) is 3.71. The second kappa shape index (κ2) is 6.51. The van der Waals surface area contributed by atoms with Crippen molar-refractivity contribution in [1.29, 1.82) is 0 Å². The molecule has 0 unspecified atom stereocenters. The van der Waals surface area contributed by atoms with Gasteiger partial charge in [-0.25, -0.2) is 4.39 Å². The van der Waals surface area contributed by atoms with Crippen LogP contribution in [-0.4, -0.2) is 0 Å². The minimum absolute atomic E-state index is 0.107. The average molecular weight is 343 g/mol. The zero-order valence-corrected chi connectivity index (χ0v) is 12.8. The maximum atomic E-state index is 13.3. The van der Waals surface area contributed by atoms with Crippen molar-refractivity contribution in [1.82, 2.24) is 5.32 Å². The molecule has 0 bridgehead atoms. The van der Waals surface area contributed by atoms with E-state index in [9.17, 15) is 4.39 Å². The summed E-state index contributed by atoms with van der Waals surface area (Å²) >= 11 is 9.43. The Morgan fingerprint density at radius 2 is 2.00 bits per heavy atom. The Kier molecular flexibility index (Phi) is 4.97. The monoisotopic (exact) mass is 341 g/mol. The number of rotatable bonds is 4. The molecule has 0 heterocycles. The van der Waals surface area contributed by atoms with Crippen LogP contribution in [0.15, 0.2) is 46.9 Å². The first-order valence-corrected chi connectivity index (χ1v) is 7.16. The Morgan fingerprint density at radius 3 is 2.68 bits per heavy atom. The van der Waals surface area contributed by atoms with E-state index in [2.05, 4.69) is 21.2 Å². The van der Waals surface area contributed by atoms with E-state index in [4.69, 9.17) is 11.6 Å². The summed E-state index contributed by atoms with van der Waals surface area (Å²) in [4.78, 5) is 0. The molecule has 4 heteroatoms. The van der Waals surface area contributed by atoms with Gasteiger partial charge in [0.15, 0.2) is 0 Å². The van der Waals surface area contributed by atoms with Crippen molar-refractivity contribution in [2.45, 2.75) is 19.5 Å². The van der Waals surface area contributed by atoms with E-state index in [-0.39, 0.29) is 11.9 Å². The van der Waals surface area contributed by atoms with Gasteiger partial charge in [-0.05, 0) is 42.3 Å². The van der Waals surface area contributed by atoms with E-state index < -0.39 is 0 Å². The van der Waals surface area contributed by atoms with Gasteiger partial charge in [0, 0.05) is 22.1 Å². The van der Waals surface area contributed by atoms with Gasteiger partial charge in [-0.2, -0.15) is 0 Å². The van der Waals surface area contributed by atoms with Crippen LogP contribution in [-0.2, 0) is 6.54 Å². The van der Waals surface area contributed by atoms with Crippen LogP contribution in [0.5, 0.6) is 0 Å². The molecule has 19 heavy (non-hydrogen) atoms. The lowest BCUT2D eigenvalue weighted by Gasteiger charge is -2.16. The van der Waals surface area contributed by atoms with E-state index in [1.165, 1.54) is 12.1 Å². The molecule has 0 radical (unpaired) electrons. The van der Waals surface area contributed by atoms with Crippen LogP contribution in [0.1, 0.15) is 24.1 Å². The van der Waals surface area contributed by atoms with Crippen LogP contribution in [0.2, 0.25) is 5.02 Å². The van der Waals surface area contributed by atoms with Crippen molar-refractivity contribution in [3.63, 3.8) is 0 Å². The summed E-state index contributed by atoms with van der Waals surface area (Å²) in [5, 5.41) is 4.08. The van der Waals surface area contributed by atoms with E-state index in [0.717, 1.165) is 20.6 Å². The standard InChI is InChI=1S/C15H14BrClFN/c1-10(14-4-2-3-5-15(14)17)19-9-11-6-12(16)8-13(18)7-11/h2-8,10,19H,9H2,1H3/t10-/m1/s1. The minimum atomic E-state index is -0.239. The Bertz CT molecular complexity index is 554. The molecule has 2 aromatic rings. The van der Waals surface area contributed by atoms with Gasteiger partial charge in [-0.3, -0.25) is 0 Å².